The van der Waals surface area contributed by atoms with Crippen LogP contribution in [0, 0.1) is 5.92 Å². The Bertz CT molecular complexity index is 155. The number of ether oxygens (including phenoxy) is 1. The second kappa shape index (κ2) is 9.00. The maximum Gasteiger partial charge on any atom is 0.0462 e. The third kappa shape index (κ3) is 5.86. The van der Waals surface area contributed by atoms with E-state index >= 15 is 0 Å². The van der Waals surface area contributed by atoms with Gasteiger partial charge in [0, 0.05) is 19.8 Å². The van der Waals surface area contributed by atoms with Crippen molar-refractivity contribution in [3.63, 3.8) is 0 Å². The Balaban J connectivity index is 2.07. The van der Waals surface area contributed by atoms with Gasteiger partial charge in [-0.05, 0) is 38.6 Å². The molecule has 2 nitrogen and oxygen atoms in total. The molecule has 0 aromatic carbocycles. The largest absolute Gasteiger partial charge is 0.385 e. The predicted molar refractivity (Wildman–Crippen MR) is 69.8 cm³/mol. The Hall–Kier alpha value is -0.0800. The first-order valence-corrected chi connectivity index (χ1v) is 7.03. The van der Waals surface area contributed by atoms with Crippen molar-refractivity contribution >= 4 is 0 Å². The molecule has 0 aromatic heterocycles. The smallest absolute Gasteiger partial charge is 0.0462 e. The van der Waals surface area contributed by atoms with Crippen LogP contribution in [0.15, 0.2) is 0 Å². The zero-order valence-corrected chi connectivity index (χ0v) is 11.1. The topological polar surface area (TPSA) is 21.3 Å². The molecule has 96 valence electrons. The minimum atomic E-state index is 0.706. The quantitative estimate of drug-likeness (QED) is 0.642. The normalized spacial score (nSPS) is 19.9. The summed E-state index contributed by atoms with van der Waals surface area (Å²) >= 11 is 0. The van der Waals surface area contributed by atoms with Gasteiger partial charge in [-0.15, -0.1) is 0 Å². The van der Waals surface area contributed by atoms with E-state index in [4.69, 9.17) is 4.74 Å². The lowest BCUT2D eigenvalue weighted by Gasteiger charge is -2.24. The molecule has 1 rings (SSSR count). The van der Waals surface area contributed by atoms with Crippen molar-refractivity contribution < 1.29 is 4.74 Å². The highest BCUT2D eigenvalue weighted by Gasteiger charge is 2.15. The van der Waals surface area contributed by atoms with Crippen LogP contribution in [0.2, 0.25) is 0 Å². The second-order valence-corrected chi connectivity index (χ2v) is 5.20. The van der Waals surface area contributed by atoms with E-state index in [1.165, 1.54) is 57.8 Å². The van der Waals surface area contributed by atoms with Gasteiger partial charge in [-0.1, -0.05) is 32.1 Å². The van der Waals surface area contributed by atoms with Gasteiger partial charge in [-0.3, -0.25) is 0 Å². The number of rotatable bonds is 8. The highest BCUT2D eigenvalue weighted by atomic mass is 16.5. The van der Waals surface area contributed by atoms with E-state index in [1.54, 1.807) is 7.11 Å². The van der Waals surface area contributed by atoms with E-state index in [-0.39, 0.29) is 0 Å². The van der Waals surface area contributed by atoms with E-state index in [0.29, 0.717) is 6.04 Å². The summed E-state index contributed by atoms with van der Waals surface area (Å²) in [6.07, 6.45) is 12.6. The molecular weight excluding hydrogens is 198 g/mol. The van der Waals surface area contributed by atoms with E-state index in [2.05, 4.69) is 12.4 Å². The summed E-state index contributed by atoms with van der Waals surface area (Å²) < 4.78 is 5.10. The van der Waals surface area contributed by atoms with Gasteiger partial charge in [0.2, 0.25) is 0 Å². The van der Waals surface area contributed by atoms with Crippen molar-refractivity contribution in [2.75, 3.05) is 20.8 Å². The first-order valence-electron chi connectivity index (χ1n) is 7.03. The molecule has 1 N–H and O–H groups in total. The average Bonchev–Trinajstić information content (AvgIpc) is 2.35. The van der Waals surface area contributed by atoms with Crippen LogP contribution >= 0.6 is 0 Å². The lowest BCUT2D eigenvalue weighted by molar-refractivity contribution is 0.187. The van der Waals surface area contributed by atoms with Gasteiger partial charge >= 0.3 is 0 Å². The molecule has 1 saturated carbocycles. The first kappa shape index (κ1) is 14.0. The molecule has 2 heteroatoms. The molecule has 1 fully saturated rings. The van der Waals surface area contributed by atoms with Crippen LogP contribution in [-0.4, -0.2) is 26.8 Å². The zero-order valence-electron chi connectivity index (χ0n) is 11.1. The summed E-state index contributed by atoms with van der Waals surface area (Å²) in [6.45, 7) is 0.904. The van der Waals surface area contributed by atoms with Crippen LogP contribution < -0.4 is 5.32 Å². The zero-order chi connectivity index (χ0) is 11.6. The fraction of sp³-hybridized carbons (Fsp3) is 1.00. The standard InChI is InChI=1S/C14H29NO/c1-15-14(9-6-12-16-2)11-10-13-7-4-3-5-8-13/h13-15H,3-12H2,1-2H3. The van der Waals surface area contributed by atoms with Gasteiger partial charge in [0.25, 0.3) is 0 Å². The summed E-state index contributed by atoms with van der Waals surface area (Å²) in [5.41, 5.74) is 0. The van der Waals surface area contributed by atoms with Crippen LogP contribution in [0.25, 0.3) is 0 Å². The van der Waals surface area contributed by atoms with Crippen LogP contribution in [0.5, 0.6) is 0 Å². The van der Waals surface area contributed by atoms with Crippen molar-refractivity contribution in [1.82, 2.24) is 5.32 Å². The number of nitrogens with one attached hydrogen (secondary N) is 1. The van der Waals surface area contributed by atoms with Crippen molar-refractivity contribution in [1.29, 1.82) is 0 Å². The molecule has 0 bridgehead atoms. The van der Waals surface area contributed by atoms with Crippen molar-refractivity contribution in [3.05, 3.63) is 0 Å². The van der Waals surface area contributed by atoms with Crippen molar-refractivity contribution in [3.8, 4) is 0 Å². The predicted octanol–water partition coefficient (Wildman–Crippen LogP) is 3.36. The van der Waals surface area contributed by atoms with Gasteiger partial charge in [-0.2, -0.15) is 0 Å². The number of hydrogen-bond donors (Lipinski definition) is 1. The van der Waals surface area contributed by atoms with Crippen molar-refractivity contribution in [2.45, 2.75) is 63.8 Å². The van der Waals surface area contributed by atoms with E-state index in [0.717, 1.165) is 12.5 Å². The molecule has 0 heterocycles. The highest BCUT2D eigenvalue weighted by molar-refractivity contribution is 4.71. The third-order valence-corrected chi connectivity index (χ3v) is 3.96. The molecule has 1 aliphatic carbocycles. The van der Waals surface area contributed by atoms with Gasteiger partial charge < -0.3 is 10.1 Å². The minimum Gasteiger partial charge on any atom is -0.385 e. The minimum absolute atomic E-state index is 0.706. The fourth-order valence-corrected chi connectivity index (χ4v) is 2.82. The van der Waals surface area contributed by atoms with Crippen LogP contribution in [0.1, 0.15) is 57.8 Å². The molecule has 0 amide bonds. The van der Waals surface area contributed by atoms with E-state index in [9.17, 15) is 0 Å². The Morgan fingerprint density at radius 2 is 1.94 bits per heavy atom. The summed E-state index contributed by atoms with van der Waals surface area (Å²) in [7, 11) is 3.88. The molecule has 0 aromatic rings. The van der Waals surface area contributed by atoms with Crippen LogP contribution in [-0.2, 0) is 4.74 Å². The second-order valence-electron chi connectivity index (χ2n) is 5.20. The molecule has 0 spiro atoms. The summed E-state index contributed by atoms with van der Waals surface area (Å²) in [5, 5.41) is 3.44. The summed E-state index contributed by atoms with van der Waals surface area (Å²) in [5.74, 6) is 1.02. The highest BCUT2D eigenvalue weighted by Crippen LogP contribution is 2.28. The van der Waals surface area contributed by atoms with E-state index in [1.807, 2.05) is 0 Å². The third-order valence-electron chi connectivity index (χ3n) is 3.96. The Labute approximate surface area is 101 Å². The maximum atomic E-state index is 5.10. The van der Waals surface area contributed by atoms with Crippen LogP contribution in [0.4, 0.5) is 0 Å². The Morgan fingerprint density at radius 1 is 1.19 bits per heavy atom. The summed E-state index contributed by atoms with van der Waals surface area (Å²) in [6, 6.07) is 0.706. The lowest BCUT2D eigenvalue weighted by Crippen LogP contribution is -2.26. The molecule has 0 radical (unpaired) electrons. The number of hydrogen-bond acceptors (Lipinski definition) is 2. The molecule has 1 aliphatic rings. The Morgan fingerprint density at radius 3 is 2.56 bits per heavy atom. The lowest BCUT2D eigenvalue weighted by atomic mass is 9.85. The SMILES string of the molecule is CNC(CCCOC)CCC1CCCCC1. The van der Waals surface area contributed by atoms with Gasteiger partial charge in [0.05, 0.1) is 0 Å². The molecular formula is C14H29NO. The fourth-order valence-electron chi connectivity index (χ4n) is 2.82. The average molecular weight is 227 g/mol. The summed E-state index contributed by atoms with van der Waals surface area (Å²) in [4.78, 5) is 0. The van der Waals surface area contributed by atoms with Crippen LogP contribution in [0.3, 0.4) is 0 Å². The monoisotopic (exact) mass is 227 g/mol. The molecule has 0 saturated heterocycles. The maximum absolute atomic E-state index is 5.10. The van der Waals surface area contributed by atoms with E-state index < -0.39 is 0 Å². The number of methoxy groups -OCH3 is 1. The molecule has 0 aliphatic heterocycles. The van der Waals surface area contributed by atoms with Gasteiger partial charge in [0.1, 0.15) is 0 Å². The first-order chi connectivity index (χ1) is 7.86. The molecule has 1 unspecified atom stereocenters. The van der Waals surface area contributed by atoms with Gasteiger partial charge in [-0.25, -0.2) is 0 Å². The van der Waals surface area contributed by atoms with Crippen molar-refractivity contribution in [2.24, 2.45) is 5.92 Å². The Kier molecular flexibility index (Phi) is 7.87. The van der Waals surface area contributed by atoms with Gasteiger partial charge in [0.15, 0.2) is 0 Å². The molecule has 16 heavy (non-hydrogen) atoms. The molecule has 1 atom stereocenters.